The highest BCUT2D eigenvalue weighted by Gasteiger charge is 2.43. The average molecular weight is 414 g/mol. The molecule has 2 aromatic heterocycles. The topological polar surface area (TPSA) is 63.0 Å². The number of hydrogen-bond acceptors (Lipinski definition) is 6. The van der Waals surface area contributed by atoms with Crippen LogP contribution in [-0.2, 0) is 4.74 Å². The zero-order chi connectivity index (χ0) is 20.0. The fraction of sp³-hybridized carbons (Fsp3) is 0.333. The number of morpholine rings is 1. The predicted molar refractivity (Wildman–Crippen MR) is 107 cm³/mol. The number of carbonyl (C=O) groups is 1. The molecular weight excluding hydrogens is 395 g/mol. The Morgan fingerprint density at radius 1 is 1.14 bits per heavy atom. The molecule has 8 heteroatoms. The minimum Gasteiger partial charge on any atom is -0.450 e. The molecular formula is C21H19FN2O4S. The molecule has 0 unspecified atom stereocenters. The van der Waals surface area contributed by atoms with Crippen molar-refractivity contribution in [2.75, 3.05) is 39.4 Å². The second-order valence-corrected chi connectivity index (χ2v) is 8.16. The van der Waals surface area contributed by atoms with Gasteiger partial charge in [-0.05, 0) is 29.6 Å². The number of rotatable bonds is 4. The van der Waals surface area contributed by atoms with Gasteiger partial charge in [-0.25, -0.2) is 4.39 Å². The monoisotopic (exact) mass is 414 g/mol. The van der Waals surface area contributed by atoms with Crippen molar-refractivity contribution >= 4 is 28.2 Å². The van der Waals surface area contributed by atoms with E-state index in [-0.39, 0.29) is 28.1 Å². The third-order valence-corrected chi connectivity index (χ3v) is 6.43. The summed E-state index contributed by atoms with van der Waals surface area (Å²) in [4.78, 5) is 31.3. The Labute approximate surface area is 170 Å². The Morgan fingerprint density at radius 3 is 2.72 bits per heavy atom. The maximum Gasteiger partial charge on any atom is 0.290 e. The smallest absolute Gasteiger partial charge is 0.290 e. The van der Waals surface area contributed by atoms with E-state index in [1.165, 1.54) is 29.5 Å². The maximum absolute atomic E-state index is 13.7. The van der Waals surface area contributed by atoms with Gasteiger partial charge in [-0.2, -0.15) is 0 Å². The minimum atomic E-state index is -0.512. The first-order valence-electron chi connectivity index (χ1n) is 9.54. The minimum absolute atomic E-state index is 0.0643. The van der Waals surface area contributed by atoms with Crippen LogP contribution in [0.3, 0.4) is 0 Å². The van der Waals surface area contributed by atoms with Crippen LogP contribution in [0.15, 0.2) is 44.9 Å². The summed E-state index contributed by atoms with van der Waals surface area (Å²) in [5.41, 5.74) is 0.183. The van der Waals surface area contributed by atoms with Gasteiger partial charge in [0.05, 0.1) is 30.2 Å². The first kappa shape index (κ1) is 18.5. The predicted octanol–water partition coefficient (Wildman–Crippen LogP) is 2.87. The molecule has 5 rings (SSSR count). The molecule has 6 nitrogen and oxygen atoms in total. The van der Waals surface area contributed by atoms with Crippen molar-refractivity contribution in [1.82, 2.24) is 9.80 Å². The SMILES string of the molecule is O=C1c2oc3ccc(F)cc3c(=O)c2[C@@H](c2cccs2)N1CCN1CCOCC1. The third-order valence-electron chi connectivity index (χ3n) is 5.50. The molecule has 0 bridgehead atoms. The van der Waals surface area contributed by atoms with Crippen LogP contribution in [0.4, 0.5) is 4.39 Å². The molecule has 4 heterocycles. The van der Waals surface area contributed by atoms with Crippen LogP contribution < -0.4 is 5.43 Å². The van der Waals surface area contributed by atoms with E-state index in [0.29, 0.717) is 31.9 Å². The molecule has 0 saturated carbocycles. The van der Waals surface area contributed by atoms with E-state index < -0.39 is 11.9 Å². The van der Waals surface area contributed by atoms with Gasteiger partial charge in [-0.15, -0.1) is 11.3 Å². The Balaban J connectivity index is 1.58. The van der Waals surface area contributed by atoms with Crippen molar-refractivity contribution in [2.24, 2.45) is 0 Å². The number of ether oxygens (including phenoxy) is 1. The van der Waals surface area contributed by atoms with Crippen molar-refractivity contribution in [1.29, 1.82) is 0 Å². The van der Waals surface area contributed by atoms with Gasteiger partial charge in [0, 0.05) is 31.1 Å². The normalized spacial score (nSPS) is 19.8. The van der Waals surface area contributed by atoms with Crippen molar-refractivity contribution < 1.29 is 18.3 Å². The van der Waals surface area contributed by atoms with E-state index in [4.69, 9.17) is 9.15 Å². The molecule has 150 valence electrons. The molecule has 1 amide bonds. The Hall–Kier alpha value is -2.55. The lowest BCUT2D eigenvalue weighted by atomic mass is 10.0. The summed E-state index contributed by atoms with van der Waals surface area (Å²) >= 11 is 1.49. The van der Waals surface area contributed by atoms with E-state index in [2.05, 4.69) is 4.90 Å². The zero-order valence-electron chi connectivity index (χ0n) is 15.6. The van der Waals surface area contributed by atoms with Gasteiger partial charge in [-0.3, -0.25) is 14.5 Å². The van der Waals surface area contributed by atoms with Crippen LogP contribution in [0.1, 0.15) is 27.0 Å². The average Bonchev–Trinajstić information content (AvgIpc) is 3.35. The van der Waals surface area contributed by atoms with Gasteiger partial charge in [0.2, 0.25) is 5.76 Å². The highest BCUT2D eigenvalue weighted by molar-refractivity contribution is 7.10. The second-order valence-electron chi connectivity index (χ2n) is 7.18. The number of halogens is 1. The van der Waals surface area contributed by atoms with E-state index in [0.717, 1.165) is 18.0 Å². The standard InChI is InChI=1S/C21H19FN2O4S/c22-13-3-4-15-14(12-13)19(25)17-18(16-2-1-11-29-16)24(21(26)20(17)28-15)6-5-23-7-9-27-10-8-23/h1-4,11-12,18H,5-10H2/t18-/m1/s1. The van der Waals surface area contributed by atoms with Gasteiger partial charge in [-0.1, -0.05) is 6.07 Å². The highest BCUT2D eigenvalue weighted by atomic mass is 32.1. The van der Waals surface area contributed by atoms with Crippen LogP contribution in [0.25, 0.3) is 11.0 Å². The van der Waals surface area contributed by atoms with Gasteiger partial charge < -0.3 is 14.1 Å². The van der Waals surface area contributed by atoms with Crippen molar-refractivity contribution in [3.63, 3.8) is 0 Å². The molecule has 0 aliphatic carbocycles. The van der Waals surface area contributed by atoms with Crippen LogP contribution in [0.5, 0.6) is 0 Å². The summed E-state index contributed by atoms with van der Waals surface area (Å²) in [5.74, 6) is -0.740. The van der Waals surface area contributed by atoms with Crippen molar-refractivity contribution in [3.05, 3.63) is 68.0 Å². The third kappa shape index (κ3) is 3.17. The van der Waals surface area contributed by atoms with E-state index in [1.807, 2.05) is 17.5 Å². The van der Waals surface area contributed by atoms with Gasteiger partial charge in [0.25, 0.3) is 5.91 Å². The van der Waals surface area contributed by atoms with Crippen LogP contribution in [-0.4, -0.2) is 55.1 Å². The molecule has 1 fully saturated rings. The Bertz CT molecular complexity index is 1120. The fourth-order valence-electron chi connectivity index (χ4n) is 4.04. The Kier molecular flexibility index (Phi) is 4.69. The summed E-state index contributed by atoms with van der Waals surface area (Å²) in [6.07, 6.45) is 0. The summed E-state index contributed by atoms with van der Waals surface area (Å²) in [7, 11) is 0. The quantitative estimate of drug-likeness (QED) is 0.657. The molecule has 3 aromatic rings. The lowest BCUT2D eigenvalue weighted by Gasteiger charge is -2.30. The maximum atomic E-state index is 13.7. The van der Waals surface area contributed by atoms with E-state index >= 15 is 0 Å². The van der Waals surface area contributed by atoms with Crippen molar-refractivity contribution in [3.8, 4) is 0 Å². The van der Waals surface area contributed by atoms with E-state index in [1.54, 1.807) is 4.90 Å². The molecule has 29 heavy (non-hydrogen) atoms. The Morgan fingerprint density at radius 2 is 1.97 bits per heavy atom. The lowest BCUT2D eigenvalue weighted by molar-refractivity contribution is 0.0315. The lowest BCUT2D eigenvalue weighted by Crippen LogP contribution is -2.42. The zero-order valence-corrected chi connectivity index (χ0v) is 16.4. The van der Waals surface area contributed by atoms with Gasteiger partial charge in [0.15, 0.2) is 5.43 Å². The number of hydrogen-bond donors (Lipinski definition) is 0. The molecule has 2 aliphatic heterocycles. The molecule has 0 radical (unpaired) electrons. The van der Waals surface area contributed by atoms with E-state index in [9.17, 15) is 14.0 Å². The van der Waals surface area contributed by atoms with Crippen LogP contribution >= 0.6 is 11.3 Å². The molecule has 1 saturated heterocycles. The second kappa shape index (κ2) is 7.37. The van der Waals surface area contributed by atoms with Crippen LogP contribution in [0, 0.1) is 5.82 Å². The first-order chi connectivity index (χ1) is 14.1. The number of thiophene rings is 1. The largest absolute Gasteiger partial charge is 0.450 e. The highest BCUT2D eigenvalue weighted by Crippen LogP contribution is 2.39. The van der Waals surface area contributed by atoms with Crippen LogP contribution in [0.2, 0.25) is 0 Å². The number of amides is 1. The summed E-state index contributed by atoms with van der Waals surface area (Å²) < 4.78 is 24.9. The van der Waals surface area contributed by atoms with Gasteiger partial charge >= 0.3 is 0 Å². The summed E-state index contributed by atoms with van der Waals surface area (Å²) in [5, 5.41) is 2.08. The number of carbonyl (C=O) groups excluding carboxylic acids is 1. The molecule has 0 N–H and O–H groups in total. The molecule has 0 spiro atoms. The molecule has 1 aromatic carbocycles. The number of benzene rings is 1. The van der Waals surface area contributed by atoms with Gasteiger partial charge in [0.1, 0.15) is 11.4 Å². The summed E-state index contributed by atoms with van der Waals surface area (Å²) in [6.45, 7) is 4.15. The summed E-state index contributed by atoms with van der Waals surface area (Å²) in [6, 6.07) is 7.09. The number of fused-ring (bicyclic) bond motifs is 2. The van der Waals surface area contributed by atoms with Crippen molar-refractivity contribution in [2.45, 2.75) is 6.04 Å². The molecule has 1 atom stereocenters. The first-order valence-corrected chi connectivity index (χ1v) is 10.4. The fourth-order valence-corrected chi connectivity index (χ4v) is 4.89. The number of nitrogens with zero attached hydrogens (tertiary/aromatic N) is 2. The molecule has 2 aliphatic rings.